The van der Waals surface area contributed by atoms with Gasteiger partial charge in [-0.3, -0.25) is 0 Å². The van der Waals surface area contributed by atoms with Crippen LogP contribution in [0.1, 0.15) is 22.3 Å². The van der Waals surface area contributed by atoms with Crippen LogP contribution in [0.3, 0.4) is 0 Å². The third-order valence-electron chi connectivity index (χ3n) is 4.61. The molecule has 0 heterocycles. The Morgan fingerprint density at radius 1 is 1.03 bits per heavy atom. The van der Waals surface area contributed by atoms with Crippen LogP contribution >= 0.6 is 0 Å². The highest BCUT2D eigenvalue weighted by Gasteiger charge is 2.30. The van der Waals surface area contributed by atoms with Gasteiger partial charge in [-0.15, -0.1) is 0 Å². The van der Waals surface area contributed by atoms with Crippen molar-refractivity contribution >= 4 is 17.4 Å². The average Bonchev–Trinajstić information content (AvgIpc) is 2.82. The Hall–Kier alpha value is -4.46. The summed E-state index contributed by atoms with van der Waals surface area (Å²) in [7, 11) is 0. The van der Waals surface area contributed by atoms with Crippen molar-refractivity contribution in [1.82, 2.24) is 5.43 Å². The third-order valence-corrected chi connectivity index (χ3v) is 4.61. The van der Waals surface area contributed by atoms with Gasteiger partial charge in [-0.05, 0) is 59.7 Å². The normalized spacial score (nSPS) is 11.6. The standard InChI is InChI=1S/C24H17F5N4O2/c25-22(26)35-20-10-8-19(9-11-20)31-23(34)33-32-21(12-15-4-6-16(14-30)7-5-15)17-2-1-3-18(13-17)24(27,28)29/h1-11,13,22H,12H2,(H2,31,33,34). The molecule has 3 aromatic rings. The number of nitrogens with one attached hydrogen (secondary N) is 2. The first-order valence-corrected chi connectivity index (χ1v) is 9.99. The van der Waals surface area contributed by atoms with Gasteiger partial charge in [-0.25, -0.2) is 10.2 Å². The van der Waals surface area contributed by atoms with Gasteiger partial charge in [0, 0.05) is 12.1 Å². The molecular weight excluding hydrogens is 471 g/mol. The van der Waals surface area contributed by atoms with Crippen LogP contribution in [0.25, 0.3) is 0 Å². The van der Waals surface area contributed by atoms with Crippen molar-refractivity contribution in [2.75, 3.05) is 5.32 Å². The van der Waals surface area contributed by atoms with Crippen molar-refractivity contribution in [2.24, 2.45) is 5.10 Å². The van der Waals surface area contributed by atoms with Crippen LogP contribution in [-0.4, -0.2) is 18.4 Å². The van der Waals surface area contributed by atoms with E-state index in [-0.39, 0.29) is 29.1 Å². The number of hydrazone groups is 1. The summed E-state index contributed by atoms with van der Waals surface area (Å²) < 4.78 is 68.3. The molecule has 0 spiro atoms. The van der Waals surface area contributed by atoms with Gasteiger partial charge in [-0.1, -0.05) is 24.3 Å². The number of hydrogen-bond donors (Lipinski definition) is 2. The first kappa shape index (κ1) is 25.2. The van der Waals surface area contributed by atoms with Crippen LogP contribution in [0, 0.1) is 11.3 Å². The zero-order valence-corrected chi connectivity index (χ0v) is 17.8. The number of amides is 2. The third kappa shape index (κ3) is 7.53. The van der Waals surface area contributed by atoms with E-state index < -0.39 is 24.4 Å². The number of carbonyl (C=O) groups excluding carboxylic acids is 1. The lowest BCUT2D eigenvalue weighted by Gasteiger charge is -2.12. The number of anilines is 1. The molecule has 0 aliphatic carbocycles. The maximum atomic E-state index is 13.2. The lowest BCUT2D eigenvalue weighted by atomic mass is 9.99. The number of nitrogens with zero attached hydrogens (tertiary/aromatic N) is 2. The molecule has 11 heteroatoms. The minimum Gasteiger partial charge on any atom is -0.435 e. The van der Waals surface area contributed by atoms with Gasteiger partial charge in [0.25, 0.3) is 0 Å². The van der Waals surface area contributed by atoms with E-state index in [1.165, 1.54) is 36.4 Å². The fourth-order valence-corrected chi connectivity index (χ4v) is 2.97. The van der Waals surface area contributed by atoms with E-state index in [0.717, 1.165) is 12.1 Å². The molecule has 35 heavy (non-hydrogen) atoms. The fraction of sp³-hybridized carbons (Fsp3) is 0.125. The Bertz CT molecular complexity index is 1230. The molecular formula is C24H17F5N4O2. The molecule has 180 valence electrons. The second-order valence-corrected chi connectivity index (χ2v) is 7.09. The SMILES string of the molecule is N#Cc1ccc(CC(=NNC(=O)Nc2ccc(OC(F)F)cc2)c2cccc(C(F)(F)F)c2)cc1. The first-order chi connectivity index (χ1) is 16.6. The van der Waals surface area contributed by atoms with Crippen LogP contribution in [-0.2, 0) is 12.6 Å². The summed E-state index contributed by atoms with van der Waals surface area (Å²) in [5.74, 6) is -0.0989. The molecule has 6 nitrogen and oxygen atoms in total. The van der Waals surface area contributed by atoms with E-state index in [0.29, 0.717) is 11.1 Å². The molecule has 0 atom stereocenters. The predicted molar refractivity (Wildman–Crippen MR) is 118 cm³/mol. The summed E-state index contributed by atoms with van der Waals surface area (Å²) in [6.45, 7) is -2.99. The van der Waals surface area contributed by atoms with Crippen molar-refractivity contribution in [3.63, 3.8) is 0 Å². The highest BCUT2D eigenvalue weighted by molar-refractivity contribution is 6.03. The lowest BCUT2D eigenvalue weighted by Crippen LogP contribution is -2.26. The van der Waals surface area contributed by atoms with Crippen LogP contribution in [0.4, 0.5) is 32.4 Å². The molecule has 2 N–H and O–H groups in total. The van der Waals surface area contributed by atoms with Gasteiger partial charge in [0.15, 0.2) is 0 Å². The summed E-state index contributed by atoms with van der Waals surface area (Å²) in [6, 6.07) is 17.1. The molecule has 0 aliphatic heterocycles. The van der Waals surface area contributed by atoms with Gasteiger partial charge in [0.1, 0.15) is 5.75 Å². The largest absolute Gasteiger partial charge is 0.435 e. The van der Waals surface area contributed by atoms with Crippen molar-refractivity contribution < 1.29 is 31.5 Å². The highest BCUT2D eigenvalue weighted by Crippen LogP contribution is 2.30. The number of carbonyl (C=O) groups is 1. The van der Waals surface area contributed by atoms with Crippen molar-refractivity contribution in [2.45, 2.75) is 19.2 Å². The molecule has 2 amide bonds. The zero-order chi connectivity index (χ0) is 25.4. The Morgan fingerprint density at radius 2 is 1.71 bits per heavy atom. The van der Waals surface area contributed by atoms with E-state index in [9.17, 15) is 26.7 Å². The first-order valence-electron chi connectivity index (χ1n) is 9.99. The number of urea groups is 1. The van der Waals surface area contributed by atoms with Gasteiger partial charge in [0.2, 0.25) is 0 Å². The summed E-state index contributed by atoms with van der Waals surface area (Å²) in [5, 5.41) is 15.4. The Balaban J connectivity index is 1.80. The molecule has 3 rings (SSSR count). The second kappa shape index (κ2) is 11.1. The van der Waals surface area contributed by atoms with Crippen molar-refractivity contribution in [1.29, 1.82) is 5.26 Å². The maximum absolute atomic E-state index is 13.2. The van der Waals surface area contributed by atoms with E-state index in [1.807, 2.05) is 6.07 Å². The number of ether oxygens (including phenoxy) is 1. The van der Waals surface area contributed by atoms with Gasteiger partial charge in [-0.2, -0.15) is 32.3 Å². The second-order valence-electron chi connectivity index (χ2n) is 7.09. The van der Waals surface area contributed by atoms with Crippen LogP contribution in [0.5, 0.6) is 5.75 Å². The molecule has 0 unspecified atom stereocenters. The number of halogens is 5. The molecule has 0 bridgehead atoms. The van der Waals surface area contributed by atoms with E-state index >= 15 is 0 Å². The Labute approximate surface area is 196 Å². The highest BCUT2D eigenvalue weighted by atomic mass is 19.4. The molecule has 0 fully saturated rings. The smallest absolute Gasteiger partial charge is 0.416 e. The fourth-order valence-electron chi connectivity index (χ4n) is 2.97. The topological polar surface area (TPSA) is 86.5 Å². The van der Waals surface area contributed by atoms with E-state index in [1.54, 1.807) is 24.3 Å². The number of rotatable bonds is 7. The quantitative estimate of drug-likeness (QED) is 0.245. The lowest BCUT2D eigenvalue weighted by molar-refractivity contribution is -0.137. The molecule has 0 radical (unpaired) electrons. The van der Waals surface area contributed by atoms with Crippen LogP contribution in [0.15, 0.2) is 77.9 Å². The van der Waals surface area contributed by atoms with Crippen LogP contribution in [0.2, 0.25) is 0 Å². The summed E-state index contributed by atoms with van der Waals surface area (Å²) in [5.41, 5.74) is 2.93. The minimum atomic E-state index is -4.57. The summed E-state index contributed by atoms with van der Waals surface area (Å²) in [6.07, 6.45) is -4.51. The number of hydrogen-bond acceptors (Lipinski definition) is 4. The van der Waals surface area contributed by atoms with Gasteiger partial charge >= 0.3 is 18.8 Å². The molecule has 0 saturated carbocycles. The monoisotopic (exact) mass is 488 g/mol. The van der Waals surface area contributed by atoms with Crippen molar-refractivity contribution in [3.05, 3.63) is 95.1 Å². The van der Waals surface area contributed by atoms with E-state index in [4.69, 9.17) is 5.26 Å². The molecule has 0 aromatic heterocycles. The van der Waals surface area contributed by atoms with Gasteiger partial charge < -0.3 is 10.1 Å². The van der Waals surface area contributed by atoms with Crippen molar-refractivity contribution in [3.8, 4) is 11.8 Å². The zero-order valence-electron chi connectivity index (χ0n) is 17.8. The van der Waals surface area contributed by atoms with Crippen LogP contribution < -0.4 is 15.5 Å². The number of nitriles is 1. The molecule has 0 saturated heterocycles. The van der Waals surface area contributed by atoms with E-state index in [2.05, 4.69) is 20.6 Å². The number of benzene rings is 3. The minimum absolute atomic E-state index is 0.0625. The summed E-state index contributed by atoms with van der Waals surface area (Å²) >= 11 is 0. The number of alkyl halides is 5. The maximum Gasteiger partial charge on any atom is 0.416 e. The molecule has 0 aliphatic rings. The average molecular weight is 488 g/mol. The Morgan fingerprint density at radius 3 is 2.31 bits per heavy atom. The predicted octanol–water partition coefficient (Wildman–Crippen LogP) is 5.95. The molecule has 3 aromatic carbocycles. The summed E-state index contributed by atoms with van der Waals surface area (Å²) in [4.78, 5) is 12.3. The Kier molecular flexibility index (Phi) is 7.99. The van der Waals surface area contributed by atoms with Gasteiger partial charge in [0.05, 0.1) is 22.9 Å².